The van der Waals surface area contributed by atoms with E-state index in [1.807, 2.05) is 0 Å². The number of nitrogens with two attached hydrogens (primary N) is 1. The van der Waals surface area contributed by atoms with Crippen LogP contribution in [-0.4, -0.2) is 15.0 Å². The number of pyridine rings is 1. The number of hydrogen-bond acceptors (Lipinski definition) is 5. The molecule has 0 amide bonds. The Morgan fingerprint density at radius 2 is 2.21 bits per heavy atom. The predicted molar refractivity (Wildman–Crippen MR) is 41.9 cm³/mol. The summed E-state index contributed by atoms with van der Waals surface area (Å²) in [5.74, 6) is -1.97. The van der Waals surface area contributed by atoms with Gasteiger partial charge in [-0.1, -0.05) is 0 Å². The van der Waals surface area contributed by atoms with Gasteiger partial charge in [0.2, 0.25) is 11.4 Å². The lowest BCUT2D eigenvalue weighted by Gasteiger charge is -2.01. The van der Waals surface area contributed by atoms with Crippen molar-refractivity contribution in [1.29, 1.82) is 0 Å². The summed E-state index contributed by atoms with van der Waals surface area (Å²) in [6, 6.07) is 0.688. The van der Waals surface area contributed by atoms with Crippen LogP contribution < -0.4 is 5.73 Å². The highest BCUT2D eigenvalue weighted by Crippen LogP contribution is 2.32. The number of alkyl halides is 2. The molecule has 0 bridgehead atoms. The molecular formula is C6H5F2N3O3. The summed E-state index contributed by atoms with van der Waals surface area (Å²) in [5, 5.41) is 19.2. The van der Waals surface area contributed by atoms with E-state index < -0.39 is 34.3 Å². The minimum atomic E-state index is -2.98. The summed E-state index contributed by atoms with van der Waals surface area (Å²) in [5.41, 5.74) is 3.73. The molecule has 0 saturated heterocycles. The van der Waals surface area contributed by atoms with E-state index in [1.165, 1.54) is 0 Å². The average molecular weight is 205 g/mol. The average Bonchev–Trinajstić information content (AvgIpc) is 2.08. The first-order chi connectivity index (χ1) is 6.43. The molecule has 8 heteroatoms. The summed E-state index contributed by atoms with van der Waals surface area (Å²) in [7, 11) is 0. The minimum Gasteiger partial charge on any atom is -0.500 e. The van der Waals surface area contributed by atoms with E-state index in [9.17, 15) is 18.9 Å². The third-order valence-electron chi connectivity index (χ3n) is 1.42. The molecule has 0 aliphatic heterocycles. The number of halogens is 2. The molecule has 6 nitrogen and oxygen atoms in total. The molecule has 0 atom stereocenters. The molecule has 1 heterocycles. The lowest BCUT2D eigenvalue weighted by molar-refractivity contribution is -0.390. The zero-order chi connectivity index (χ0) is 10.9. The smallest absolute Gasteiger partial charge is 0.408 e. The van der Waals surface area contributed by atoms with Crippen molar-refractivity contribution >= 4 is 11.5 Å². The second kappa shape index (κ2) is 3.40. The van der Waals surface area contributed by atoms with Gasteiger partial charge in [0.15, 0.2) is 0 Å². The van der Waals surface area contributed by atoms with E-state index >= 15 is 0 Å². The van der Waals surface area contributed by atoms with Crippen LogP contribution in [0.2, 0.25) is 0 Å². The van der Waals surface area contributed by atoms with Crippen molar-refractivity contribution < 1.29 is 18.8 Å². The van der Waals surface area contributed by atoms with Gasteiger partial charge in [0.25, 0.3) is 0 Å². The number of aromatic hydroxyl groups is 1. The van der Waals surface area contributed by atoms with Crippen molar-refractivity contribution in [3.8, 4) is 5.75 Å². The Balaban J connectivity index is 3.35. The highest BCUT2D eigenvalue weighted by molar-refractivity contribution is 5.60. The largest absolute Gasteiger partial charge is 0.500 e. The second-order valence-electron chi connectivity index (χ2n) is 2.37. The molecule has 0 aromatic carbocycles. The van der Waals surface area contributed by atoms with Gasteiger partial charge < -0.3 is 21.0 Å². The van der Waals surface area contributed by atoms with Crippen LogP contribution in [0.3, 0.4) is 0 Å². The molecule has 0 fully saturated rings. The summed E-state index contributed by atoms with van der Waals surface area (Å²) in [4.78, 5) is 12.1. The van der Waals surface area contributed by atoms with E-state index in [0.717, 1.165) is 0 Å². The third kappa shape index (κ3) is 1.68. The Morgan fingerprint density at radius 1 is 1.64 bits per heavy atom. The van der Waals surface area contributed by atoms with Crippen molar-refractivity contribution in [2.75, 3.05) is 5.73 Å². The first-order valence-electron chi connectivity index (χ1n) is 3.35. The molecule has 0 radical (unpaired) electrons. The monoisotopic (exact) mass is 205 g/mol. The molecule has 1 rings (SSSR count). The first-order valence-corrected chi connectivity index (χ1v) is 3.35. The maximum Gasteiger partial charge on any atom is 0.408 e. The SMILES string of the molecule is Nc1cc(C(F)F)nc([N+](=O)[O-])c1O. The molecule has 0 aliphatic rings. The number of nitrogens with zero attached hydrogens (tertiary/aromatic N) is 2. The highest BCUT2D eigenvalue weighted by atomic mass is 19.3. The molecule has 0 unspecified atom stereocenters. The van der Waals surface area contributed by atoms with Gasteiger partial charge in [-0.2, -0.15) is 0 Å². The molecule has 14 heavy (non-hydrogen) atoms. The van der Waals surface area contributed by atoms with E-state index in [4.69, 9.17) is 10.8 Å². The van der Waals surface area contributed by atoms with Crippen molar-refractivity contribution in [1.82, 2.24) is 4.98 Å². The van der Waals surface area contributed by atoms with Crippen LogP contribution in [0.15, 0.2) is 6.07 Å². The van der Waals surface area contributed by atoms with E-state index in [1.54, 1.807) is 0 Å². The number of rotatable bonds is 2. The Hall–Kier alpha value is -1.99. The van der Waals surface area contributed by atoms with Crippen LogP contribution in [-0.2, 0) is 0 Å². The zero-order valence-corrected chi connectivity index (χ0v) is 6.65. The van der Waals surface area contributed by atoms with Crippen molar-refractivity contribution in [3.05, 3.63) is 21.9 Å². The number of anilines is 1. The lowest BCUT2D eigenvalue weighted by Crippen LogP contribution is -2.00. The zero-order valence-electron chi connectivity index (χ0n) is 6.65. The highest BCUT2D eigenvalue weighted by Gasteiger charge is 2.25. The van der Waals surface area contributed by atoms with Crippen LogP contribution in [0.25, 0.3) is 0 Å². The van der Waals surface area contributed by atoms with Gasteiger partial charge >= 0.3 is 12.2 Å². The van der Waals surface area contributed by atoms with Crippen molar-refractivity contribution in [2.45, 2.75) is 6.43 Å². The van der Waals surface area contributed by atoms with Gasteiger partial charge in [-0.05, 0) is 9.91 Å². The Morgan fingerprint density at radius 3 is 2.64 bits per heavy atom. The first kappa shape index (κ1) is 10.1. The fourth-order valence-electron chi connectivity index (χ4n) is 0.803. The minimum absolute atomic E-state index is 0.498. The summed E-state index contributed by atoms with van der Waals surface area (Å²) >= 11 is 0. The molecular weight excluding hydrogens is 200 g/mol. The maximum absolute atomic E-state index is 12.1. The Kier molecular flexibility index (Phi) is 2.45. The predicted octanol–water partition coefficient (Wildman–Crippen LogP) is 1.22. The van der Waals surface area contributed by atoms with E-state index in [2.05, 4.69) is 4.98 Å². The maximum atomic E-state index is 12.1. The van der Waals surface area contributed by atoms with Crippen LogP contribution in [0.1, 0.15) is 12.1 Å². The van der Waals surface area contributed by atoms with Gasteiger partial charge in [0.1, 0.15) is 0 Å². The molecule has 3 N–H and O–H groups in total. The second-order valence-corrected chi connectivity index (χ2v) is 2.37. The van der Waals surface area contributed by atoms with Crippen LogP contribution >= 0.6 is 0 Å². The standard InChI is InChI=1S/C6H5F2N3O3/c7-5(8)3-1-2(9)4(12)6(10-3)11(13)14/h1,5,12H,(H2,9,10). The summed E-state index contributed by atoms with van der Waals surface area (Å²) < 4.78 is 24.2. The number of nitro groups is 1. The fraction of sp³-hybridized carbons (Fsp3) is 0.167. The van der Waals surface area contributed by atoms with Gasteiger partial charge in [-0.3, -0.25) is 0 Å². The van der Waals surface area contributed by atoms with Gasteiger partial charge in [0.05, 0.1) is 5.69 Å². The molecule has 0 spiro atoms. The van der Waals surface area contributed by atoms with E-state index in [-0.39, 0.29) is 0 Å². The fourth-order valence-corrected chi connectivity index (χ4v) is 0.803. The number of aromatic nitrogens is 1. The topological polar surface area (TPSA) is 102 Å². The van der Waals surface area contributed by atoms with Gasteiger partial charge in [-0.15, -0.1) is 0 Å². The molecule has 0 aliphatic carbocycles. The Labute approximate surface area is 76.1 Å². The van der Waals surface area contributed by atoms with Crippen LogP contribution in [0.5, 0.6) is 5.75 Å². The van der Waals surface area contributed by atoms with Crippen LogP contribution in [0, 0.1) is 10.1 Å². The normalized spacial score (nSPS) is 10.5. The summed E-state index contributed by atoms with van der Waals surface area (Å²) in [6.45, 7) is 0. The third-order valence-corrected chi connectivity index (χ3v) is 1.42. The van der Waals surface area contributed by atoms with Crippen molar-refractivity contribution in [2.24, 2.45) is 0 Å². The molecule has 1 aromatic heterocycles. The molecule has 1 aromatic rings. The molecule has 0 saturated carbocycles. The van der Waals surface area contributed by atoms with Gasteiger partial charge in [0, 0.05) is 6.07 Å². The molecule has 76 valence electrons. The van der Waals surface area contributed by atoms with Crippen LogP contribution in [0.4, 0.5) is 20.3 Å². The summed E-state index contributed by atoms with van der Waals surface area (Å²) in [6.07, 6.45) is -2.98. The van der Waals surface area contributed by atoms with Crippen molar-refractivity contribution in [3.63, 3.8) is 0 Å². The quantitative estimate of drug-likeness (QED) is 0.558. The van der Waals surface area contributed by atoms with E-state index in [0.29, 0.717) is 6.07 Å². The number of nitrogen functional groups attached to an aromatic ring is 1. The number of hydrogen-bond donors (Lipinski definition) is 2. The van der Waals surface area contributed by atoms with Gasteiger partial charge in [-0.25, -0.2) is 8.78 Å². The Bertz CT molecular complexity index is 383. The lowest BCUT2D eigenvalue weighted by atomic mass is 10.3.